The lowest BCUT2D eigenvalue weighted by Gasteiger charge is -2.18. The number of aliphatic hydroxyl groups excluding tert-OH is 1. The number of ether oxygens (including phenoxy) is 3. The van der Waals surface area contributed by atoms with E-state index in [4.69, 9.17) is 14.2 Å². The maximum absolute atomic E-state index is 14.8. The number of amides is 1. The zero-order valence-electron chi connectivity index (χ0n) is 19.1. The molecule has 0 fully saturated rings. The predicted molar refractivity (Wildman–Crippen MR) is 125 cm³/mol. The second-order valence-electron chi connectivity index (χ2n) is 7.70. The van der Waals surface area contributed by atoms with Crippen LogP contribution in [0.3, 0.4) is 0 Å². The van der Waals surface area contributed by atoms with E-state index in [2.05, 4.69) is 0 Å². The van der Waals surface area contributed by atoms with Crippen LogP contribution in [0.1, 0.15) is 42.3 Å². The van der Waals surface area contributed by atoms with E-state index in [1.165, 1.54) is 11.0 Å². The van der Waals surface area contributed by atoms with Gasteiger partial charge in [0, 0.05) is 35.1 Å². The first kappa shape index (κ1) is 23.0. The smallest absolute Gasteiger partial charge is 0.262 e. The van der Waals surface area contributed by atoms with Crippen LogP contribution in [0, 0.1) is 5.82 Å². The van der Waals surface area contributed by atoms with Crippen molar-refractivity contribution in [2.75, 3.05) is 24.7 Å². The molecule has 174 valence electrons. The van der Waals surface area contributed by atoms with Crippen LogP contribution in [-0.2, 0) is 17.7 Å². The molecule has 1 aliphatic rings. The Bertz CT molecular complexity index is 1180. The highest BCUT2D eigenvalue weighted by molar-refractivity contribution is 6.16. The number of aliphatic hydroxyl groups is 1. The minimum atomic E-state index is -1.08. The molecular formula is C26H28FNO5. The van der Waals surface area contributed by atoms with Crippen molar-refractivity contribution in [1.29, 1.82) is 0 Å². The molecule has 1 unspecified atom stereocenters. The molecule has 1 heterocycles. The van der Waals surface area contributed by atoms with Gasteiger partial charge in [-0.25, -0.2) is 4.39 Å². The largest absolute Gasteiger partial charge is 0.493 e. The van der Waals surface area contributed by atoms with Crippen molar-refractivity contribution >= 4 is 22.4 Å². The highest BCUT2D eigenvalue weighted by Gasteiger charge is 2.37. The summed E-state index contributed by atoms with van der Waals surface area (Å²) < 4.78 is 31.9. The van der Waals surface area contributed by atoms with Crippen molar-refractivity contribution in [2.24, 2.45) is 0 Å². The summed E-state index contributed by atoms with van der Waals surface area (Å²) in [6, 6.07) is 12.3. The van der Waals surface area contributed by atoms with Gasteiger partial charge < -0.3 is 24.2 Å². The van der Waals surface area contributed by atoms with Gasteiger partial charge in [0.25, 0.3) is 5.91 Å². The molecule has 0 spiro atoms. The van der Waals surface area contributed by atoms with Gasteiger partial charge in [-0.2, -0.15) is 0 Å². The van der Waals surface area contributed by atoms with Gasteiger partial charge in [-0.1, -0.05) is 30.3 Å². The molecule has 33 heavy (non-hydrogen) atoms. The van der Waals surface area contributed by atoms with E-state index in [-0.39, 0.29) is 18.9 Å². The lowest BCUT2D eigenvalue weighted by Crippen LogP contribution is -2.23. The van der Waals surface area contributed by atoms with Crippen LogP contribution in [0.4, 0.5) is 10.1 Å². The first-order chi connectivity index (χ1) is 16.0. The average molecular weight is 454 g/mol. The third-order valence-electron chi connectivity index (χ3n) is 5.67. The fraction of sp³-hybridized carbons (Fsp3) is 0.346. The number of halogens is 1. The number of fused-ring (bicyclic) bond motifs is 2. The molecule has 6 nitrogen and oxygen atoms in total. The van der Waals surface area contributed by atoms with E-state index in [9.17, 15) is 14.3 Å². The SMILES string of the molecule is CCOc1c2c(c(OCC)c3ccccc13)C(=O)N(c1ccc(CC(O)OCC)c(F)c1)C2. The molecule has 0 saturated carbocycles. The van der Waals surface area contributed by atoms with Crippen LogP contribution < -0.4 is 14.4 Å². The Morgan fingerprint density at radius 3 is 2.30 bits per heavy atom. The molecule has 0 aromatic heterocycles. The quantitative estimate of drug-likeness (QED) is 0.470. The van der Waals surface area contributed by atoms with Crippen molar-refractivity contribution in [1.82, 2.24) is 0 Å². The standard InChI is InChI=1S/C26H28FNO5/c1-4-31-22(29)13-16-11-12-17(14-21(16)27)28-15-20-23(26(28)30)25(33-6-3)19-10-8-7-9-18(19)24(20)32-5-2/h7-12,14,22,29H,4-6,13,15H2,1-3H3. The molecule has 1 N–H and O–H groups in total. The lowest BCUT2D eigenvalue weighted by molar-refractivity contribution is -0.0931. The zero-order chi connectivity index (χ0) is 23.5. The minimum Gasteiger partial charge on any atom is -0.493 e. The third kappa shape index (κ3) is 4.26. The molecule has 3 aromatic rings. The maximum atomic E-state index is 14.8. The summed E-state index contributed by atoms with van der Waals surface area (Å²) in [4.78, 5) is 15.1. The van der Waals surface area contributed by atoms with Crippen molar-refractivity contribution in [3.05, 3.63) is 65.0 Å². The number of anilines is 1. The summed E-state index contributed by atoms with van der Waals surface area (Å²) in [5.41, 5.74) is 1.94. The lowest BCUT2D eigenvalue weighted by atomic mass is 9.99. The monoisotopic (exact) mass is 453 g/mol. The van der Waals surface area contributed by atoms with Gasteiger partial charge in [-0.05, 0) is 38.5 Å². The number of carbonyl (C=O) groups is 1. The number of benzene rings is 3. The molecule has 1 amide bonds. The molecular weight excluding hydrogens is 425 g/mol. The summed E-state index contributed by atoms with van der Waals surface area (Å²) in [5.74, 6) is 0.409. The van der Waals surface area contributed by atoms with E-state index < -0.39 is 12.1 Å². The van der Waals surface area contributed by atoms with Crippen molar-refractivity contribution in [2.45, 2.75) is 40.0 Å². The molecule has 0 bridgehead atoms. The Hall–Kier alpha value is -3.16. The molecule has 1 atom stereocenters. The number of hydrogen-bond donors (Lipinski definition) is 1. The Kier molecular flexibility index (Phi) is 6.81. The Labute approximate surface area is 192 Å². The van der Waals surface area contributed by atoms with Crippen LogP contribution in [0.25, 0.3) is 10.8 Å². The highest BCUT2D eigenvalue weighted by atomic mass is 19.1. The number of nitrogens with zero attached hydrogens (tertiary/aromatic N) is 1. The topological polar surface area (TPSA) is 68.2 Å². The summed E-state index contributed by atoms with van der Waals surface area (Å²) in [6.45, 7) is 6.97. The fourth-order valence-corrected chi connectivity index (χ4v) is 4.29. The normalized spacial score (nSPS) is 14.0. The van der Waals surface area contributed by atoms with E-state index in [1.54, 1.807) is 19.1 Å². The third-order valence-corrected chi connectivity index (χ3v) is 5.67. The minimum absolute atomic E-state index is 0.0302. The van der Waals surface area contributed by atoms with Gasteiger partial charge in [-0.15, -0.1) is 0 Å². The molecule has 3 aromatic carbocycles. The van der Waals surface area contributed by atoms with Gasteiger partial charge in [0.2, 0.25) is 0 Å². The van der Waals surface area contributed by atoms with E-state index in [0.29, 0.717) is 48.1 Å². The van der Waals surface area contributed by atoms with Crippen molar-refractivity contribution in [3.8, 4) is 11.5 Å². The molecule has 4 rings (SSSR count). The Morgan fingerprint density at radius 2 is 1.67 bits per heavy atom. The summed E-state index contributed by atoms with van der Waals surface area (Å²) in [6.07, 6.45) is -1.05. The van der Waals surface area contributed by atoms with Gasteiger partial charge in [-0.3, -0.25) is 4.79 Å². The fourth-order valence-electron chi connectivity index (χ4n) is 4.29. The van der Waals surface area contributed by atoms with E-state index >= 15 is 0 Å². The van der Waals surface area contributed by atoms with Crippen LogP contribution in [0.5, 0.6) is 11.5 Å². The van der Waals surface area contributed by atoms with Crippen LogP contribution in [0.15, 0.2) is 42.5 Å². The average Bonchev–Trinajstić information content (AvgIpc) is 3.14. The zero-order valence-corrected chi connectivity index (χ0v) is 19.1. The molecule has 0 radical (unpaired) electrons. The van der Waals surface area contributed by atoms with Gasteiger partial charge in [0.05, 0.1) is 25.3 Å². The Morgan fingerprint density at radius 1 is 1.00 bits per heavy atom. The molecule has 0 aliphatic carbocycles. The Balaban J connectivity index is 1.77. The van der Waals surface area contributed by atoms with Gasteiger partial charge >= 0.3 is 0 Å². The first-order valence-corrected chi connectivity index (χ1v) is 11.2. The second kappa shape index (κ2) is 9.77. The van der Waals surface area contributed by atoms with E-state index in [1.807, 2.05) is 38.1 Å². The molecule has 7 heteroatoms. The second-order valence-corrected chi connectivity index (χ2v) is 7.70. The first-order valence-electron chi connectivity index (χ1n) is 11.2. The van der Waals surface area contributed by atoms with Crippen LogP contribution in [0.2, 0.25) is 0 Å². The van der Waals surface area contributed by atoms with Crippen LogP contribution >= 0.6 is 0 Å². The number of rotatable bonds is 9. The van der Waals surface area contributed by atoms with Crippen molar-refractivity contribution in [3.63, 3.8) is 0 Å². The summed E-state index contributed by atoms with van der Waals surface area (Å²) >= 11 is 0. The number of carbonyl (C=O) groups excluding carboxylic acids is 1. The summed E-state index contributed by atoms with van der Waals surface area (Å²) in [5, 5.41) is 11.5. The van der Waals surface area contributed by atoms with Gasteiger partial charge in [0.1, 0.15) is 17.3 Å². The van der Waals surface area contributed by atoms with Gasteiger partial charge in [0.15, 0.2) is 6.29 Å². The highest BCUT2D eigenvalue weighted by Crippen LogP contribution is 2.46. The molecule has 0 saturated heterocycles. The van der Waals surface area contributed by atoms with Crippen molar-refractivity contribution < 1.29 is 28.5 Å². The van der Waals surface area contributed by atoms with E-state index in [0.717, 1.165) is 16.3 Å². The molecule has 1 aliphatic heterocycles. The predicted octanol–water partition coefficient (Wildman–Crippen LogP) is 4.83. The summed E-state index contributed by atoms with van der Waals surface area (Å²) in [7, 11) is 0. The van der Waals surface area contributed by atoms with Crippen LogP contribution in [-0.4, -0.2) is 37.1 Å². The maximum Gasteiger partial charge on any atom is 0.262 e. The number of hydrogen-bond acceptors (Lipinski definition) is 5.